The van der Waals surface area contributed by atoms with Gasteiger partial charge < -0.3 is 15.9 Å². The second-order valence-corrected chi connectivity index (χ2v) is 8.41. The van der Waals surface area contributed by atoms with Crippen molar-refractivity contribution >= 4 is 22.2 Å². The Kier molecular flexibility index (Phi) is 4.05. The molecule has 0 bridgehead atoms. The van der Waals surface area contributed by atoms with Gasteiger partial charge in [0, 0.05) is 47.7 Å². The van der Waals surface area contributed by atoms with Gasteiger partial charge in [-0.05, 0) is 12.1 Å². The van der Waals surface area contributed by atoms with Gasteiger partial charge in [-0.2, -0.15) is 0 Å². The molecule has 158 valence electrons. The van der Waals surface area contributed by atoms with E-state index in [9.17, 15) is 10.2 Å². The molecule has 7 heteroatoms. The molecule has 0 radical (unpaired) electrons. The minimum absolute atomic E-state index is 0.0590. The Balaban J connectivity index is 1.50. The van der Waals surface area contributed by atoms with Crippen molar-refractivity contribution < 1.29 is 10.2 Å². The molecule has 0 atom stereocenters. The highest BCUT2D eigenvalue weighted by atomic mass is 16.5. The predicted molar refractivity (Wildman–Crippen MR) is 123 cm³/mol. The maximum Gasteiger partial charge on any atom is 0.163 e. The molecule has 7 nitrogen and oxygen atoms in total. The number of hydrogen-bond acceptors (Lipinski definition) is 6. The minimum atomic E-state index is -1.63. The first kappa shape index (κ1) is 18.9. The Hall–Kier alpha value is -3.81. The molecule has 4 N–H and O–H groups in total. The lowest BCUT2D eigenvalue weighted by Gasteiger charge is -2.38. The third-order valence-corrected chi connectivity index (χ3v) is 6.16. The van der Waals surface area contributed by atoms with Crippen molar-refractivity contribution in [2.45, 2.75) is 24.5 Å². The number of nitrogens with zero attached hydrogens (tertiary/aromatic N) is 4. The lowest BCUT2D eigenvalue weighted by Crippen LogP contribution is -2.42. The molecule has 2 aromatic carbocycles. The number of fused-ring (bicyclic) bond motifs is 2. The van der Waals surface area contributed by atoms with E-state index in [4.69, 9.17) is 15.7 Å². The van der Waals surface area contributed by atoms with Crippen LogP contribution in [0.3, 0.4) is 0 Å². The second-order valence-electron chi connectivity index (χ2n) is 8.41. The Labute approximate surface area is 183 Å². The molecule has 0 unspecified atom stereocenters. The number of nitrogen functional groups attached to an aromatic ring is 1. The first-order chi connectivity index (χ1) is 15.5. The fraction of sp³-hybridized carbons (Fsp3) is 0.160. The van der Waals surface area contributed by atoms with Crippen molar-refractivity contribution in [2.75, 3.05) is 5.73 Å². The molecule has 3 heterocycles. The molecule has 0 spiro atoms. The number of aliphatic hydroxyl groups is 2. The molecular weight excluding hydrogens is 402 g/mol. The molecule has 0 saturated heterocycles. The minimum Gasteiger partial charge on any atom is -0.382 e. The van der Waals surface area contributed by atoms with E-state index in [1.165, 1.54) is 0 Å². The number of imidazole rings is 1. The van der Waals surface area contributed by atoms with E-state index in [1.54, 1.807) is 6.20 Å². The monoisotopic (exact) mass is 423 g/mol. The van der Waals surface area contributed by atoms with Crippen LogP contribution in [0.4, 0.5) is 5.82 Å². The van der Waals surface area contributed by atoms with Crippen molar-refractivity contribution in [1.82, 2.24) is 19.4 Å². The van der Waals surface area contributed by atoms with Gasteiger partial charge >= 0.3 is 0 Å². The summed E-state index contributed by atoms with van der Waals surface area (Å²) in [7, 11) is 0. The number of aromatic nitrogens is 4. The van der Waals surface area contributed by atoms with Crippen molar-refractivity contribution in [3.8, 4) is 22.5 Å². The normalized spacial score (nSPS) is 15.8. The van der Waals surface area contributed by atoms with Gasteiger partial charge in [-0.15, -0.1) is 0 Å². The fourth-order valence-corrected chi connectivity index (χ4v) is 4.52. The Morgan fingerprint density at radius 3 is 2.50 bits per heavy atom. The van der Waals surface area contributed by atoms with Crippen LogP contribution in [-0.2, 0) is 0 Å². The highest BCUT2D eigenvalue weighted by molar-refractivity contribution is 5.91. The van der Waals surface area contributed by atoms with E-state index in [0.717, 1.165) is 39.1 Å². The first-order valence-electron chi connectivity index (χ1n) is 10.5. The van der Waals surface area contributed by atoms with Crippen molar-refractivity contribution in [3.05, 3.63) is 78.9 Å². The number of anilines is 1. The Bertz CT molecular complexity index is 1470. The molecule has 1 fully saturated rings. The van der Waals surface area contributed by atoms with Crippen molar-refractivity contribution in [1.29, 1.82) is 0 Å². The summed E-state index contributed by atoms with van der Waals surface area (Å²) in [5.74, 6) is -0.549. The van der Waals surface area contributed by atoms with Gasteiger partial charge in [-0.3, -0.25) is 4.40 Å². The maximum atomic E-state index is 9.81. The van der Waals surface area contributed by atoms with E-state index in [0.29, 0.717) is 11.5 Å². The van der Waals surface area contributed by atoms with Crippen LogP contribution in [0, 0.1) is 0 Å². The van der Waals surface area contributed by atoms with Crippen LogP contribution in [-0.4, -0.2) is 35.4 Å². The van der Waals surface area contributed by atoms with Gasteiger partial charge in [0.05, 0.1) is 11.2 Å². The molecule has 5 aromatic rings. The van der Waals surface area contributed by atoms with E-state index in [2.05, 4.69) is 11.1 Å². The second kappa shape index (κ2) is 6.85. The largest absolute Gasteiger partial charge is 0.382 e. The highest BCUT2D eigenvalue weighted by Gasteiger charge is 2.44. The lowest BCUT2D eigenvalue weighted by atomic mass is 9.78. The number of pyridine rings is 1. The van der Waals surface area contributed by atoms with E-state index in [-0.39, 0.29) is 18.8 Å². The molecule has 6 rings (SSSR count). The van der Waals surface area contributed by atoms with Gasteiger partial charge in [0.2, 0.25) is 0 Å². The summed E-state index contributed by atoms with van der Waals surface area (Å²) in [6.07, 6.45) is 3.94. The number of rotatable bonds is 3. The van der Waals surface area contributed by atoms with Crippen LogP contribution in [0.15, 0.2) is 73.1 Å². The number of nitrogens with two attached hydrogens (primary N) is 1. The standard InChI is InChI=1S/C25H21N5O2/c26-23-22-21(29-24(30(22)11-10-27-23)18-13-25(31,32)14-18)17-7-6-16-8-9-19(28-20(16)12-17)15-4-2-1-3-5-15/h1-12,18,31-32H,13-14H2,(H2,26,27). The van der Waals surface area contributed by atoms with E-state index in [1.807, 2.05) is 65.2 Å². The van der Waals surface area contributed by atoms with Gasteiger partial charge in [-0.25, -0.2) is 15.0 Å². The zero-order valence-electron chi connectivity index (χ0n) is 17.2. The molecule has 32 heavy (non-hydrogen) atoms. The molecule has 0 amide bonds. The summed E-state index contributed by atoms with van der Waals surface area (Å²) in [5, 5.41) is 20.6. The third-order valence-electron chi connectivity index (χ3n) is 6.16. The topological polar surface area (TPSA) is 110 Å². The summed E-state index contributed by atoms with van der Waals surface area (Å²) >= 11 is 0. The average Bonchev–Trinajstić information content (AvgIpc) is 3.18. The number of hydrogen-bond donors (Lipinski definition) is 3. The van der Waals surface area contributed by atoms with Crippen LogP contribution in [0.5, 0.6) is 0 Å². The van der Waals surface area contributed by atoms with Crippen LogP contribution >= 0.6 is 0 Å². The van der Waals surface area contributed by atoms with Gasteiger partial charge in [0.25, 0.3) is 0 Å². The third kappa shape index (κ3) is 3.02. The SMILES string of the molecule is Nc1nccn2c(C3CC(O)(O)C3)nc(-c3ccc4ccc(-c5ccccc5)nc4c3)c12. The maximum absolute atomic E-state index is 9.81. The number of benzene rings is 2. The van der Waals surface area contributed by atoms with Gasteiger partial charge in [0.1, 0.15) is 22.9 Å². The highest BCUT2D eigenvalue weighted by Crippen LogP contribution is 2.44. The molecular formula is C25H21N5O2. The summed E-state index contributed by atoms with van der Waals surface area (Å²) in [4.78, 5) is 14.0. The summed E-state index contributed by atoms with van der Waals surface area (Å²) < 4.78 is 1.91. The smallest absolute Gasteiger partial charge is 0.163 e. The Morgan fingerprint density at radius 2 is 1.72 bits per heavy atom. The van der Waals surface area contributed by atoms with Crippen LogP contribution in [0.2, 0.25) is 0 Å². The molecule has 1 aliphatic rings. The summed E-state index contributed by atoms with van der Waals surface area (Å²) in [6, 6.07) is 20.2. The van der Waals surface area contributed by atoms with Crippen LogP contribution in [0.25, 0.3) is 38.9 Å². The lowest BCUT2D eigenvalue weighted by molar-refractivity contribution is -0.221. The van der Waals surface area contributed by atoms with Crippen LogP contribution < -0.4 is 5.73 Å². The predicted octanol–water partition coefficient (Wildman–Crippen LogP) is 3.75. The van der Waals surface area contributed by atoms with Crippen LogP contribution in [0.1, 0.15) is 24.6 Å². The Morgan fingerprint density at radius 1 is 0.938 bits per heavy atom. The zero-order valence-corrected chi connectivity index (χ0v) is 17.2. The average molecular weight is 423 g/mol. The molecule has 3 aromatic heterocycles. The molecule has 1 aliphatic carbocycles. The first-order valence-corrected chi connectivity index (χ1v) is 10.5. The van der Waals surface area contributed by atoms with Gasteiger partial charge in [0.15, 0.2) is 5.79 Å². The molecule has 0 aliphatic heterocycles. The van der Waals surface area contributed by atoms with E-state index >= 15 is 0 Å². The summed E-state index contributed by atoms with van der Waals surface area (Å²) in [5.41, 5.74) is 11.4. The van der Waals surface area contributed by atoms with Gasteiger partial charge in [-0.1, -0.05) is 48.5 Å². The van der Waals surface area contributed by atoms with E-state index < -0.39 is 5.79 Å². The zero-order chi connectivity index (χ0) is 21.9. The quantitative estimate of drug-likeness (QED) is 0.381. The fourth-order valence-electron chi connectivity index (χ4n) is 4.52. The summed E-state index contributed by atoms with van der Waals surface area (Å²) in [6.45, 7) is 0. The van der Waals surface area contributed by atoms with Crippen molar-refractivity contribution in [3.63, 3.8) is 0 Å². The van der Waals surface area contributed by atoms with Crippen molar-refractivity contribution in [2.24, 2.45) is 0 Å². The molecule has 1 saturated carbocycles.